The first-order valence-electron chi connectivity index (χ1n) is 10.4. The fourth-order valence-electron chi connectivity index (χ4n) is 5.06. The molecule has 4 rings (SSSR count). The smallest absolute Gasteiger partial charge is 0.227 e. The normalized spacial score (nSPS) is 24.5. The summed E-state index contributed by atoms with van der Waals surface area (Å²) < 4.78 is 0. The molecule has 2 heterocycles. The van der Waals surface area contributed by atoms with Gasteiger partial charge in [0.2, 0.25) is 5.91 Å². The lowest BCUT2D eigenvalue weighted by atomic mass is 9.79. The van der Waals surface area contributed by atoms with Crippen molar-refractivity contribution in [3.63, 3.8) is 0 Å². The van der Waals surface area contributed by atoms with Crippen molar-refractivity contribution in [1.29, 1.82) is 0 Å². The van der Waals surface area contributed by atoms with Crippen LogP contribution in [0.2, 0.25) is 0 Å². The minimum Gasteiger partial charge on any atom is -0.342 e. The molecular weight excluding hydrogens is 346 g/mol. The number of nitrogens with one attached hydrogen (secondary N) is 1. The highest BCUT2D eigenvalue weighted by atomic mass is 16.2. The molecule has 2 aliphatic heterocycles. The molecule has 1 N–H and O–H groups in total. The van der Waals surface area contributed by atoms with Crippen LogP contribution in [0, 0.1) is 5.92 Å². The Morgan fingerprint density at radius 1 is 0.964 bits per heavy atom. The third-order valence-corrected chi connectivity index (χ3v) is 6.83. The predicted octanol–water partition coefficient (Wildman–Crippen LogP) is 3.07. The number of benzene rings is 2. The van der Waals surface area contributed by atoms with E-state index in [-0.39, 0.29) is 17.4 Å². The Bertz CT molecular complexity index is 782. The first-order chi connectivity index (χ1) is 13.6. The second-order valence-electron chi connectivity index (χ2n) is 8.40. The van der Waals surface area contributed by atoms with E-state index in [2.05, 4.69) is 83.8 Å². The second kappa shape index (κ2) is 8.06. The van der Waals surface area contributed by atoms with Crippen LogP contribution < -0.4 is 5.32 Å². The summed E-state index contributed by atoms with van der Waals surface area (Å²) in [4.78, 5) is 17.8. The zero-order valence-electron chi connectivity index (χ0n) is 17.0. The first kappa shape index (κ1) is 19.2. The molecule has 2 aromatic rings. The average Bonchev–Trinajstić information content (AvgIpc) is 3.24. The van der Waals surface area contributed by atoms with Gasteiger partial charge in [0, 0.05) is 37.6 Å². The molecule has 0 bridgehead atoms. The topological polar surface area (TPSA) is 35.6 Å². The lowest BCUT2D eigenvalue weighted by molar-refractivity contribution is -0.138. The number of carbonyl (C=O) groups is 1. The van der Waals surface area contributed by atoms with Crippen molar-refractivity contribution in [2.45, 2.75) is 24.3 Å². The van der Waals surface area contributed by atoms with Crippen LogP contribution in [0.3, 0.4) is 0 Å². The Balaban J connectivity index is 1.48. The Morgan fingerprint density at radius 2 is 1.57 bits per heavy atom. The molecule has 4 heteroatoms. The van der Waals surface area contributed by atoms with Crippen LogP contribution in [0.4, 0.5) is 0 Å². The molecule has 0 radical (unpaired) electrons. The molecule has 2 atom stereocenters. The maximum atomic E-state index is 13.4. The van der Waals surface area contributed by atoms with Crippen LogP contribution in [-0.2, 0) is 10.3 Å². The molecule has 1 amide bonds. The number of amides is 1. The summed E-state index contributed by atoms with van der Waals surface area (Å²) in [6.07, 6.45) is 1.96. The monoisotopic (exact) mass is 377 g/mol. The minimum absolute atomic E-state index is 0.0186. The number of carbonyl (C=O) groups excluding carboxylic acids is 1. The van der Waals surface area contributed by atoms with Crippen LogP contribution in [0.25, 0.3) is 0 Å². The molecule has 148 valence electrons. The van der Waals surface area contributed by atoms with Gasteiger partial charge in [-0.15, -0.1) is 0 Å². The summed E-state index contributed by atoms with van der Waals surface area (Å²) in [5.74, 6) is 0.647. The van der Waals surface area contributed by atoms with Crippen molar-refractivity contribution in [3.8, 4) is 0 Å². The number of hydrogen-bond donors (Lipinski definition) is 1. The predicted molar refractivity (Wildman–Crippen MR) is 113 cm³/mol. The molecule has 2 aliphatic rings. The van der Waals surface area contributed by atoms with E-state index in [1.54, 1.807) is 0 Å². The van der Waals surface area contributed by atoms with E-state index in [9.17, 15) is 4.79 Å². The molecule has 28 heavy (non-hydrogen) atoms. The average molecular weight is 378 g/mol. The van der Waals surface area contributed by atoms with E-state index in [0.717, 1.165) is 39.0 Å². The molecular formula is C24H31N3O. The van der Waals surface area contributed by atoms with Crippen LogP contribution in [0.1, 0.15) is 29.9 Å². The van der Waals surface area contributed by atoms with E-state index < -0.39 is 0 Å². The number of nitrogens with zero attached hydrogens (tertiary/aromatic N) is 2. The first-order valence-corrected chi connectivity index (χ1v) is 10.4. The Morgan fingerprint density at radius 3 is 2.18 bits per heavy atom. The maximum Gasteiger partial charge on any atom is 0.227 e. The van der Waals surface area contributed by atoms with Gasteiger partial charge < -0.3 is 10.2 Å². The molecule has 0 saturated carbocycles. The molecule has 0 unspecified atom stereocenters. The zero-order valence-corrected chi connectivity index (χ0v) is 17.0. The maximum absolute atomic E-state index is 13.4. The van der Waals surface area contributed by atoms with E-state index in [0.29, 0.717) is 5.91 Å². The van der Waals surface area contributed by atoms with Crippen molar-refractivity contribution < 1.29 is 4.79 Å². The van der Waals surface area contributed by atoms with Gasteiger partial charge in [-0.1, -0.05) is 60.7 Å². The van der Waals surface area contributed by atoms with Gasteiger partial charge >= 0.3 is 0 Å². The lowest BCUT2D eigenvalue weighted by Crippen LogP contribution is -2.53. The lowest BCUT2D eigenvalue weighted by Gasteiger charge is -2.47. The third-order valence-electron chi connectivity index (χ3n) is 6.83. The van der Waals surface area contributed by atoms with Crippen LogP contribution in [0.5, 0.6) is 0 Å². The number of hydrogen-bond acceptors (Lipinski definition) is 3. The van der Waals surface area contributed by atoms with Crippen molar-refractivity contribution in [2.24, 2.45) is 5.92 Å². The van der Waals surface area contributed by atoms with Gasteiger partial charge in [-0.2, -0.15) is 0 Å². The van der Waals surface area contributed by atoms with Crippen molar-refractivity contribution in [3.05, 3.63) is 71.8 Å². The summed E-state index contributed by atoms with van der Waals surface area (Å²) in [5.41, 5.74) is 2.65. The van der Waals surface area contributed by atoms with E-state index >= 15 is 0 Å². The molecule has 4 nitrogen and oxygen atoms in total. The largest absolute Gasteiger partial charge is 0.342 e. The van der Waals surface area contributed by atoms with E-state index in [1.165, 1.54) is 11.1 Å². The molecule has 2 saturated heterocycles. The van der Waals surface area contributed by atoms with Gasteiger partial charge in [0.15, 0.2) is 0 Å². The number of rotatable bonds is 4. The number of piperidine rings is 1. The Kier molecular flexibility index (Phi) is 5.51. The molecule has 0 aromatic heterocycles. The fourth-order valence-corrected chi connectivity index (χ4v) is 5.06. The summed E-state index contributed by atoms with van der Waals surface area (Å²) in [6.45, 7) is 3.32. The van der Waals surface area contributed by atoms with Crippen LogP contribution in [-0.4, -0.2) is 56.0 Å². The SMILES string of the molecule is CN(C)C1(c2ccccc2)CCN(C(=O)[C@@H]2CNC[C@@H]2c2ccccc2)CC1. The third kappa shape index (κ3) is 3.47. The zero-order chi connectivity index (χ0) is 19.6. The van der Waals surface area contributed by atoms with E-state index in [1.807, 2.05) is 6.07 Å². The molecule has 2 fully saturated rings. The van der Waals surface area contributed by atoms with E-state index in [4.69, 9.17) is 0 Å². The Labute approximate surface area is 168 Å². The number of likely N-dealkylation sites (tertiary alicyclic amines) is 1. The van der Waals surface area contributed by atoms with Crippen molar-refractivity contribution in [1.82, 2.24) is 15.1 Å². The summed E-state index contributed by atoms with van der Waals surface area (Å²) in [5, 5.41) is 3.45. The van der Waals surface area contributed by atoms with Gasteiger partial charge in [0.25, 0.3) is 0 Å². The van der Waals surface area contributed by atoms with Crippen LogP contribution in [0.15, 0.2) is 60.7 Å². The van der Waals surface area contributed by atoms with Gasteiger partial charge in [0.05, 0.1) is 5.92 Å². The van der Waals surface area contributed by atoms with Crippen molar-refractivity contribution >= 4 is 5.91 Å². The fraction of sp³-hybridized carbons (Fsp3) is 0.458. The van der Waals surface area contributed by atoms with Gasteiger partial charge in [-0.3, -0.25) is 9.69 Å². The summed E-state index contributed by atoms with van der Waals surface area (Å²) in [7, 11) is 4.33. The summed E-state index contributed by atoms with van der Waals surface area (Å²) >= 11 is 0. The second-order valence-corrected chi connectivity index (χ2v) is 8.40. The summed E-state index contributed by atoms with van der Waals surface area (Å²) in [6, 6.07) is 21.2. The van der Waals surface area contributed by atoms with Gasteiger partial charge in [-0.25, -0.2) is 0 Å². The Hall–Kier alpha value is -2.17. The van der Waals surface area contributed by atoms with Crippen LogP contribution >= 0.6 is 0 Å². The molecule has 0 aliphatic carbocycles. The molecule has 0 spiro atoms. The van der Waals surface area contributed by atoms with Gasteiger partial charge in [0.1, 0.15) is 0 Å². The standard InChI is InChI=1S/C24H31N3O/c1-26(2)24(20-11-7-4-8-12-20)13-15-27(16-14-24)23(28)22-18-25-17-21(22)19-9-5-3-6-10-19/h3-12,21-22,25H,13-18H2,1-2H3/t21-,22-/m1/s1. The highest BCUT2D eigenvalue weighted by molar-refractivity contribution is 5.81. The minimum atomic E-state index is 0.0186. The van der Waals surface area contributed by atoms with Gasteiger partial charge in [-0.05, 0) is 38.1 Å². The van der Waals surface area contributed by atoms with Crippen molar-refractivity contribution in [2.75, 3.05) is 40.3 Å². The molecule has 2 aromatic carbocycles. The quantitative estimate of drug-likeness (QED) is 0.889. The highest BCUT2D eigenvalue weighted by Crippen LogP contribution is 2.38. The highest BCUT2D eigenvalue weighted by Gasteiger charge is 2.42.